The predicted molar refractivity (Wildman–Crippen MR) is 116 cm³/mol. The molecule has 4 nitrogen and oxygen atoms in total. The van der Waals surface area contributed by atoms with E-state index < -0.39 is 0 Å². The summed E-state index contributed by atoms with van der Waals surface area (Å²) in [5.74, 6) is 1.45. The number of hydrogen-bond donors (Lipinski definition) is 3. The van der Waals surface area contributed by atoms with Gasteiger partial charge < -0.3 is 16.4 Å². The lowest BCUT2D eigenvalue weighted by Crippen LogP contribution is -2.42. The number of aromatic nitrogens is 1. The molecule has 3 aliphatic rings. The molecule has 4 N–H and O–H groups in total. The Kier molecular flexibility index (Phi) is 6.81. The van der Waals surface area contributed by atoms with Crippen LogP contribution in [0.3, 0.4) is 0 Å². The number of aryl methyl sites for hydroxylation is 1. The number of nitrogens with one attached hydrogen (secondary N) is 2. The highest BCUT2D eigenvalue weighted by atomic mass is 15.0. The van der Waals surface area contributed by atoms with Crippen molar-refractivity contribution < 1.29 is 0 Å². The molecule has 0 bridgehead atoms. The molecule has 2 unspecified atom stereocenters. The van der Waals surface area contributed by atoms with Crippen LogP contribution < -0.4 is 16.4 Å². The second-order valence-corrected chi connectivity index (χ2v) is 8.86. The fraction of sp³-hybridized carbons (Fsp3) is 0.625. The van der Waals surface area contributed by atoms with E-state index in [1.807, 2.05) is 0 Å². The molecule has 0 aromatic carbocycles. The largest absolute Gasteiger partial charge is 0.401 e. The minimum atomic E-state index is 0.229. The molecule has 0 spiro atoms. The van der Waals surface area contributed by atoms with Gasteiger partial charge in [-0.2, -0.15) is 0 Å². The second-order valence-electron chi connectivity index (χ2n) is 8.86. The van der Waals surface area contributed by atoms with Crippen molar-refractivity contribution in [1.82, 2.24) is 15.6 Å². The van der Waals surface area contributed by atoms with Gasteiger partial charge in [0.05, 0.1) is 11.7 Å². The average molecular weight is 381 g/mol. The Hall–Kier alpha value is -1.65. The summed E-state index contributed by atoms with van der Waals surface area (Å²) in [6, 6.07) is 4.69. The first-order valence-electron chi connectivity index (χ1n) is 11.3. The fourth-order valence-electron chi connectivity index (χ4n) is 5.14. The third-order valence-electron chi connectivity index (χ3n) is 6.91. The molecule has 2 heterocycles. The van der Waals surface area contributed by atoms with Crippen LogP contribution in [0.5, 0.6) is 0 Å². The zero-order chi connectivity index (χ0) is 19.2. The molecule has 1 saturated carbocycles. The maximum atomic E-state index is 6.35. The number of pyridine rings is 1. The normalized spacial score (nSPS) is 26.1. The van der Waals surface area contributed by atoms with E-state index in [1.165, 1.54) is 56.1 Å². The van der Waals surface area contributed by atoms with Gasteiger partial charge in [0.1, 0.15) is 0 Å². The van der Waals surface area contributed by atoms with Crippen molar-refractivity contribution >= 4 is 0 Å². The van der Waals surface area contributed by atoms with Crippen LogP contribution in [0.2, 0.25) is 0 Å². The van der Waals surface area contributed by atoms with Crippen LogP contribution in [0, 0.1) is 11.8 Å². The Bertz CT molecular complexity index is 685. The molecule has 0 amide bonds. The number of hydrogen-bond acceptors (Lipinski definition) is 4. The van der Waals surface area contributed by atoms with E-state index in [1.54, 1.807) is 0 Å². The first-order chi connectivity index (χ1) is 13.8. The highest BCUT2D eigenvalue weighted by molar-refractivity contribution is 5.31. The van der Waals surface area contributed by atoms with E-state index in [2.05, 4.69) is 41.1 Å². The SMILES string of the molecule is NC1=CC=C2CCNCCC2C1NCc1ccc(CCC2CCCCC2)cn1. The molecule has 2 atom stereocenters. The molecular weight excluding hydrogens is 344 g/mol. The molecule has 2 fully saturated rings. The highest BCUT2D eigenvalue weighted by Crippen LogP contribution is 2.30. The molecule has 1 aliphatic heterocycles. The van der Waals surface area contributed by atoms with Crippen LogP contribution in [-0.2, 0) is 13.0 Å². The molecular formula is C24H36N4. The van der Waals surface area contributed by atoms with Crippen molar-refractivity contribution in [2.75, 3.05) is 13.1 Å². The van der Waals surface area contributed by atoms with Crippen molar-refractivity contribution in [3.63, 3.8) is 0 Å². The lowest BCUT2D eigenvalue weighted by atomic mass is 9.82. The molecule has 2 aliphatic carbocycles. The van der Waals surface area contributed by atoms with Gasteiger partial charge in [-0.25, -0.2) is 0 Å². The zero-order valence-corrected chi connectivity index (χ0v) is 17.1. The maximum Gasteiger partial charge on any atom is 0.0542 e. The lowest BCUT2D eigenvalue weighted by Gasteiger charge is -2.32. The van der Waals surface area contributed by atoms with Crippen LogP contribution in [-0.4, -0.2) is 24.1 Å². The summed E-state index contributed by atoms with van der Waals surface area (Å²) < 4.78 is 0. The summed E-state index contributed by atoms with van der Waals surface area (Å²) in [6.45, 7) is 2.92. The van der Waals surface area contributed by atoms with E-state index in [-0.39, 0.29) is 6.04 Å². The number of nitrogens with zero attached hydrogens (tertiary/aromatic N) is 1. The van der Waals surface area contributed by atoms with Gasteiger partial charge >= 0.3 is 0 Å². The summed E-state index contributed by atoms with van der Waals surface area (Å²) in [5.41, 5.74) is 11.3. The van der Waals surface area contributed by atoms with Gasteiger partial charge in [-0.15, -0.1) is 0 Å². The minimum Gasteiger partial charge on any atom is -0.401 e. The standard InChI is InChI=1S/C24H36N4/c25-23-11-9-20-12-14-26-15-13-22(20)24(23)28-17-21-10-8-19(16-27-21)7-6-18-4-2-1-3-5-18/h8-11,16,18,22,24,26,28H,1-7,12-15,17,25H2. The van der Waals surface area contributed by atoms with Gasteiger partial charge in [0, 0.05) is 24.4 Å². The average Bonchev–Trinajstić information content (AvgIpc) is 2.99. The van der Waals surface area contributed by atoms with Gasteiger partial charge in [0.25, 0.3) is 0 Å². The number of rotatable bonds is 6. The van der Waals surface area contributed by atoms with Crippen molar-refractivity contribution in [2.45, 2.75) is 70.4 Å². The summed E-state index contributed by atoms with van der Waals surface area (Å²) >= 11 is 0. The van der Waals surface area contributed by atoms with Crippen molar-refractivity contribution in [3.05, 3.63) is 53.0 Å². The summed E-state index contributed by atoms with van der Waals surface area (Å²) in [7, 11) is 0. The minimum absolute atomic E-state index is 0.229. The van der Waals surface area contributed by atoms with E-state index in [0.29, 0.717) is 5.92 Å². The van der Waals surface area contributed by atoms with E-state index in [9.17, 15) is 0 Å². The lowest BCUT2D eigenvalue weighted by molar-refractivity contribution is 0.339. The van der Waals surface area contributed by atoms with E-state index in [4.69, 9.17) is 10.7 Å². The Morgan fingerprint density at radius 1 is 1.07 bits per heavy atom. The van der Waals surface area contributed by atoms with Crippen molar-refractivity contribution in [3.8, 4) is 0 Å². The van der Waals surface area contributed by atoms with Crippen LogP contribution in [0.25, 0.3) is 0 Å². The Labute approximate surface area is 170 Å². The predicted octanol–water partition coefficient (Wildman–Crippen LogP) is 3.83. The smallest absolute Gasteiger partial charge is 0.0542 e. The quantitative estimate of drug-likeness (QED) is 0.702. The second kappa shape index (κ2) is 9.71. The third kappa shape index (κ3) is 5.03. The first kappa shape index (κ1) is 19.7. The molecule has 28 heavy (non-hydrogen) atoms. The molecule has 1 aromatic heterocycles. The fourth-order valence-corrected chi connectivity index (χ4v) is 5.14. The Morgan fingerprint density at radius 3 is 2.79 bits per heavy atom. The van der Waals surface area contributed by atoms with Crippen LogP contribution >= 0.6 is 0 Å². The first-order valence-corrected chi connectivity index (χ1v) is 11.3. The van der Waals surface area contributed by atoms with Crippen LogP contribution in [0.15, 0.2) is 41.8 Å². The third-order valence-corrected chi connectivity index (χ3v) is 6.91. The molecule has 1 saturated heterocycles. The van der Waals surface area contributed by atoms with Crippen LogP contribution in [0.1, 0.15) is 62.6 Å². The highest BCUT2D eigenvalue weighted by Gasteiger charge is 2.29. The van der Waals surface area contributed by atoms with Gasteiger partial charge in [0.15, 0.2) is 0 Å². The topological polar surface area (TPSA) is 63.0 Å². The van der Waals surface area contributed by atoms with Gasteiger partial charge in [0.2, 0.25) is 0 Å². The van der Waals surface area contributed by atoms with E-state index in [0.717, 1.165) is 49.8 Å². The Morgan fingerprint density at radius 2 is 1.96 bits per heavy atom. The molecule has 4 heteroatoms. The molecule has 0 radical (unpaired) electrons. The number of allylic oxidation sites excluding steroid dienone is 2. The zero-order valence-electron chi connectivity index (χ0n) is 17.1. The molecule has 4 rings (SSSR count). The monoisotopic (exact) mass is 380 g/mol. The summed E-state index contributed by atoms with van der Waals surface area (Å²) in [5, 5.41) is 7.20. The number of fused-ring (bicyclic) bond motifs is 1. The summed E-state index contributed by atoms with van der Waals surface area (Å²) in [4.78, 5) is 4.72. The molecule has 1 aromatic rings. The van der Waals surface area contributed by atoms with E-state index >= 15 is 0 Å². The van der Waals surface area contributed by atoms with Gasteiger partial charge in [-0.1, -0.05) is 49.8 Å². The summed E-state index contributed by atoms with van der Waals surface area (Å²) in [6.07, 6.45) is 18.3. The van der Waals surface area contributed by atoms with Crippen molar-refractivity contribution in [2.24, 2.45) is 17.6 Å². The van der Waals surface area contributed by atoms with Crippen molar-refractivity contribution in [1.29, 1.82) is 0 Å². The number of nitrogens with two attached hydrogens (primary N) is 1. The molecule has 152 valence electrons. The maximum absolute atomic E-state index is 6.35. The van der Waals surface area contributed by atoms with Gasteiger partial charge in [-0.3, -0.25) is 4.98 Å². The van der Waals surface area contributed by atoms with Gasteiger partial charge in [-0.05, 0) is 62.4 Å². The van der Waals surface area contributed by atoms with Crippen LogP contribution in [0.4, 0.5) is 0 Å². The Balaban J connectivity index is 1.29.